The van der Waals surface area contributed by atoms with Crippen LogP contribution in [0, 0.1) is 0 Å². The van der Waals surface area contributed by atoms with Crippen molar-refractivity contribution in [3.05, 3.63) is 23.8 Å². The lowest BCUT2D eigenvalue weighted by atomic mass is 9.93. The first-order chi connectivity index (χ1) is 10.7. The van der Waals surface area contributed by atoms with E-state index < -0.39 is 19.4 Å². The highest BCUT2D eigenvalue weighted by Crippen LogP contribution is 2.38. The first-order valence-corrected chi connectivity index (χ1v) is 6.43. The Morgan fingerprint density at radius 2 is 2.56 bits per heavy atom. The van der Waals surface area contributed by atoms with Gasteiger partial charge in [-0.15, -0.1) is 0 Å². The SMILES string of the molecule is [2H]C([2H])(C1CNc2ccc(OC)cc21)[C@@H]1CCCN1C([2H])([2H])[2H]. The largest absolute Gasteiger partial charge is 0.497 e. The number of nitrogens with zero attached hydrogens (tertiary/aromatic N) is 1. The van der Waals surface area contributed by atoms with E-state index >= 15 is 0 Å². The van der Waals surface area contributed by atoms with Crippen molar-refractivity contribution in [2.45, 2.75) is 31.2 Å². The fourth-order valence-corrected chi connectivity index (χ4v) is 2.76. The molecule has 2 atom stereocenters. The van der Waals surface area contributed by atoms with Gasteiger partial charge in [-0.25, -0.2) is 0 Å². The molecule has 98 valence electrons. The lowest BCUT2D eigenvalue weighted by molar-refractivity contribution is 0.285. The van der Waals surface area contributed by atoms with Crippen LogP contribution in [0.25, 0.3) is 0 Å². The van der Waals surface area contributed by atoms with E-state index in [1.54, 1.807) is 7.11 Å². The van der Waals surface area contributed by atoms with Crippen LogP contribution in [0.15, 0.2) is 18.2 Å². The number of methoxy groups -OCH3 is 1. The van der Waals surface area contributed by atoms with Crippen molar-refractivity contribution in [2.75, 3.05) is 32.5 Å². The zero-order valence-corrected chi connectivity index (χ0v) is 10.6. The van der Waals surface area contributed by atoms with E-state index in [0.29, 0.717) is 31.7 Å². The summed E-state index contributed by atoms with van der Waals surface area (Å²) < 4.78 is 45.6. The molecule has 3 heteroatoms. The third kappa shape index (κ3) is 2.07. The lowest BCUT2D eigenvalue weighted by Gasteiger charge is -2.22. The molecule has 0 spiro atoms. The van der Waals surface area contributed by atoms with Crippen molar-refractivity contribution in [1.82, 2.24) is 4.90 Å². The highest BCUT2D eigenvalue weighted by Gasteiger charge is 2.29. The average Bonchev–Trinajstić information content (AvgIpc) is 3.13. The molecule has 1 saturated heterocycles. The summed E-state index contributed by atoms with van der Waals surface area (Å²) in [5.41, 5.74) is 1.77. The smallest absolute Gasteiger partial charge is 0.119 e. The van der Waals surface area contributed by atoms with Gasteiger partial charge in [0, 0.05) is 31.0 Å². The molecule has 0 aliphatic carbocycles. The molecule has 0 amide bonds. The van der Waals surface area contributed by atoms with E-state index in [2.05, 4.69) is 5.32 Å². The number of hydrogen-bond acceptors (Lipinski definition) is 3. The Labute approximate surface area is 116 Å². The molecule has 1 N–H and O–H groups in total. The van der Waals surface area contributed by atoms with E-state index in [4.69, 9.17) is 11.6 Å². The van der Waals surface area contributed by atoms with Gasteiger partial charge in [0.1, 0.15) is 5.75 Å². The topological polar surface area (TPSA) is 24.5 Å². The highest BCUT2D eigenvalue weighted by atomic mass is 16.5. The second kappa shape index (κ2) is 4.81. The molecule has 3 rings (SSSR count). The van der Waals surface area contributed by atoms with Gasteiger partial charge >= 0.3 is 0 Å². The van der Waals surface area contributed by atoms with Gasteiger partial charge in [0.2, 0.25) is 0 Å². The summed E-state index contributed by atoms with van der Waals surface area (Å²) >= 11 is 0. The van der Waals surface area contributed by atoms with E-state index in [1.807, 2.05) is 18.2 Å². The predicted octanol–water partition coefficient (Wildman–Crippen LogP) is 2.69. The number of likely N-dealkylation sites (tertiary alicyclic amines) is 1. The van der Waals surface area contributed by atoms with Crippen molar-refractivity contribution in [2.24, 2.45) is 0 Å². The van der Waals surface area contributed by atoms with Crippen molar-refractivity contribution in [3.63, 3.8) is 0 Å². The molecule has 2 aliphatic heterocycles. The summed E-state index contributed by atoms with van der Waals surface area (Å²) in [5.74, 6) is 0.299. The normalized spacial score (nSPS) is 32.6. The van der Waals surface area contributed by atoms with Crippen LogP contribution in [-0.4, -0.2) is 38.1 Å². The van der Waals surface area contributed by atoms with Crippen LogP contribution in [0.1, 0.15) is 37.5 Å². The van der Waals surface area contributed by atoms with Gasteiger partial charge in [-0.3, -0.25) is 0 Å². The van der Waals surface area contributed by atoms with Gasteiger partial charge in [-0.05, 0) is 56.5 Å². The molecule has 1 aromatic carbocycles. The fourth-order valence-electron chi connectivity index (χ4n) is 2.76. The number of rotatable bonds is 3. The minimum absolute atomic E-state index is 0.388. The molecule has 2 aliphatic rings. The summed E-state index contributed by atoms with van der Waals surface area (Å²) in [5, 5.41) is 3.23. The maximum absolute atomic E-state index is 8.68. The summed E-state index contributed by atoms with van der Waals surface area (Å²) in [6.07, 6.45) is -0.343. The Hall–Kier alpha value is -1.22. The summed E-state index contributed by atoms with van der Waals surface area (Å²) in [7, 11) is 1.58. The third-order valence-corrected chi connectivity index (χ3v) is 3.78. The number of hydrogen-bond donors (Lipinski definition) is 1. The Balaban J connectivity index is 1.93. The first-order valence-electron chi connectivity index (χ1n) is 8.93. The minimum atomic E-state index is -2.25. The standard InChI is InChI=1S/C15H22N2O/c1-17-7-3-4-12(17)8-11-10-16-15-6-5-13(18-2)9-14(11)15/h5-6,9,11-12,16H,3-4,7-8,10H2,1-2H3/t11?,12-/m0/s1/i1D3,8D2. The molecule has 1 fully saturated rings. The molecular formula is C15H22N2O. The maximum Gasteiger partial charge on any atom is 0.119 e. The molecule has 0 aromatic heterocycles. The van der Waals surface area contributed by atoms with Crippen molar-refractivity contribution >= 4 is 5.69 Å². The summed E-state index contributed by atoms with van der Waals surface area (Å²) in [4.78, 5) is 1.35. The summed E-state index contributed by atoms with van der Waals surface area (Å²) in [6.45, 7) is -1.36. The predicted molar refractivity (Wildman–Crippen MR) is 74.5 cm³/mol. The minimum Gasteiger partial charge on any atom is -0.497 e. The zero-order valence-electron chi connectivity index (χ0n) is 15.6. The van der Waals surface area contributed by atoms with E-state index in [-0.39, 0.29) is 5.92 Å². The summed E-state index contributed by atoms with van der Waals surface area (Å²) in [6, 6.07) is 4.99. The van der Waals surface area contributed by atoms with Crippen molar-refractivity contribution in [3.8, 4) is 5.75 Å². The monoisotopic (exact) mass is 251 g/mol. The van der Waals surface area contributed by atoms with Crippen LogP contribution < -0.4 is 10.1 Å². The second-order valence-electron chi connectivity index (χ2n) is 4.90. The van der Waals surface area contributed by atoms with Crippen LogP contribution in [0.4, 0.5) is 5.69 Å². The Morgan fingerprint density at radius 3 is 3.39 bits per heavy atom. The molecule has 0 bridgehead atoms. The maximum atomic E-state index is 8.68. The van der Waals surface area contributed by atoms with E-state index in [0.717, 1.165) is 11.3 Å². The van der Waals surface area contributed by atoms with Crippen molar-refractivity contribution < 1.29 is 11.6 Å². The number of nitrogens with one attached hydrogen (secondary N) is 1. The van der Waals surface area contributed by atoms with Crippen LogP contribution in [0.5, 0.6) is 5.75 Å². The average molecular weight is 251 g/mol. The quantitative estimate of drug-likeness (QED) is 0.894. The molecule has 1 unspecified atom stereocenters. The van der Waals surface area contributed by atoms with Gasteiger partial charge in [0.25, 0.3) is 0 Å². The lowest BCUT2D eigenvalue weighted by Crippen LogP contribution is -2.27. The highest BCUT2D eigenvalue weighted by molar-refractivity contribution is 5.60. The molecule has 18 heavy (non-hydrogen) atoms. The zero-order chi connectivity index (χ0) is 16.8. The van der Waals surface area contributed by atoms with Crippen LogP contribution >= 0.6 is 0 Å². The van der Waals surface area contributed by atoms with Gasteiger partial charge < -0.3 is 15.0 Å². The molecular weight excluding hydrogens is 224 g/mol. The molecule has 0 saturated carbocycles. The Morgan fingerprint density at radius 1 is 1.61 bits per heavy atom. The van der Waals surface area contributed by atoms with Crippen LogP contribution in [0.3, 0.4) is 0 Å². The molecule has 1 aromatic rings. The fraction of sp³-hybridized carbons (Fsp3) is 0.600. The van der Waals surface area contributed by atoms with Crippen LogP contribution in [-0.2, 0) is 0 Å². The Bertz CT molecular complexity index is 590. The molecule has 3 nitrogen and oxygen atoms in total. The number of fused-ring (bicyclic) bond motifs is 1. The van der Waals surface area contributed by atoms with Crippen molar-refractivity contribution in [1.29, 1.82) is 0 Å². The van der Waals surface area contributed by atoms with Gasteiger partial charge in [-0.1, -0.05) is 0 Å². The third-order valence-electron chi connectivity index (χ3n) is 3.78. The van der Waals surface area contributed by atoms with Crippen LogP contribution in [0.2, 0.25) is 0 Å². The first kappa shape index (κ1) is 7.39. The van der Waals surface area contributed by atoms with Gasteiger partial charge in [0.05, 0.1) is 7.11 Å². The van der Waals surface area contributed by atoms with Gasteiger partial charge in [0.15, 0.2) is 0 Å². The molecule has 0 radical (unpaired) electrons. The number of anilines is 1. The van der Waals surface area contributed by atoms with Gasteiger partial charge in [-0.2, -0.15) is 0 Å². The Kier molecular flexibility index (Phi) is 1.97. The number of benzene rings is 1. The second-order valence-corrected chi connectivity index (χ2v) is 4.90. The van der Waals surface area contributed by atoms with E-state index in [1.165, 1.54) is 4.90 Å². The van der Waals surface area contributed by atoms with E-state index in [9.17, 15) is 0 Å². The molecule has 2 heterocycles. The number of ether oxygens (including phenoxy) is 1.